The number of hydrogen-bond acceptors (Lipinski definition) is 1. The van der Waals surface area contributed by atoms with Crippen LogP contribution in [0, 0.1) is 5.92 Å². The summed E-state index contributed by atoms with van der Waals surface area (Å²) in [4.78, 5) is 2.92. The second-order valence-electron chi connectivity index (χ2n) is 5.06. The van der Waals surface area contributed by atoms with Crippen LogP contribution in [0.4, 0.5) is 0 Å². The van der Waals surface area contributed by atoms with Crippen LogP contribution >= 0.6 is 0 Å². The van der Waals surface area contributed by atoms with Crippen molar-refractivity contribution in [1.29, 1.82) is 0 Å². The quantitative estimate of drug-likeness (QED) is 0.277. The molecule has 1 rings (SSSR count). The zero-order valence-corrected chi connectivity index (χ0v) is 9.37. The van der Waals surface area contributed by atoms with Crippen molar-refractivity contribution < 1.29 is 0 Å². The maximum Gasteiger partial charge on any atom is 0.0434 e. The first-order chi connectivity index (χ1) is 6.64. The van der Waals surface area contributed by atoms with Gasteiger partial charge >= 0.3 is 0 Å². The average Bonchev–Trinajstić information content (AvgIpc) is 2.31. The van der Waals surface area contributed by atoms with Gasteiger partial charge in [-0.2, -0.15) is 0 Å². The third-order valence-electron chi connectivity index (χ3n) is 3.08. The lowest BCUT2D eigenvalue weighted by atomic mass is 9.86. The third-order valence-corrected chi connectivity index (χ3v) is 3.08. The molecule has 1 saturated carbocycles. The number of hydrogen-bond donors (Lipinski definition) is 0. The lowest BCUT2D eigenvalue weighted by molar-refractivity contribution is 0.331. The van der Waals surface area contributed by atoms with Gasteiger partial charge < -0.3 is 0 Å². The van der Waals surface area contributed by atoms with Crippen LogP contribution in [-0.4, -0.2) is 5.54 Å². The van der Waals surface area contributed by atoms with Gasteiger partial charge in [0.15, 0.2) is 0 Å². The molecule has 0 bridgehead atoms. The summed E-state index contributed by atoms with van der Waals surface area (Å²) in [5, 5.41) is 3.86. The Morgan fingerprint density at radius 1 is 1.21 bits per heavy atom. The van der Waals surface area contributed by atoms with E-state index in [-0.39, 0.29) is 5.54 Å². The molecule has 0 radical (unpaired) electrons. The minimum Gasteiger partial charge on any atom is -0.0878 e. The molecule has 1 fully saturated rings. The van der Waals surface area contributed by atoms with Gasteiger partial charge in [-0.3, -0.25) is 0 Å². The molecular weight excluding hydrogens is 174 g/mol. The molecule has 0 N–H and O–H groups in total. The van der Waals surface area contributed by atoms with Crippen LogP contribution in [0.5, 0.6) is 0 Å². The van der Waals surface area contributed by atoms with Crippen LogP contribution in [0.1, 0.15) is 58.8 Å². The normalized spacial score (nSPS) is 19.9. The number of azide groups is 1. The minimum absolute atomic E-state index is 0.191. The van der Waals surface area contributed by atoms with Gasteiger partial charge in [0.2, 0.25) is 0 Å². The van der Waals surface area contributed by atoms with E-state index in [0.29, 0.717) is 0 Å². The molecular formula is C11H21N3. The second-order valence-corrected chi connectivity index (χ2v) is 5.06. The van der Waals surface area contributed by atoms with E-state index in [1.54, 1.807) is 0 Å². The van der Waals surface area contributed by atoms with E-state index in [1.165, 1.54) is 38.5 Å². The highest BCUT2D eigenvalue weighted by molar-refractivity contribution is 4.82. The fourth-order valence-corrected chi connectivity index (χ4v) is 2.44. The molecule has 80 valence electrons. The zero-order valence-electron chi connectivity index (χ0n) is 9.37. The summed E-state index contributed by atoms with van der Waals surface area (Å²) in [6.07, 6.45) is 9.19. The lowest BCUT2D eigenvalue weighted by Gasteiger charge is -2.24. The van der Waals surface area contributed by atoms with Crippen molar-refractivity contribution in [3.63, 3.8) is 0 Å². The Bertz CT molecular complexity index is 209. The first-order valence-corrected chi connectivity index (χ1v) is 5.70. The molecule has 1 aliphatic rings. The summed E-state index contributed by atoms with van der Waals surface area (Å²) >= 11 is 0. The van der Waals surface area contributed by atoms with Gasteiger partial charge in [0.25, 0.3) is 0 Å². The van der Waals surface area contributed by atoms with E-state index in [9.17, 15) is 0 Å². The molecule has 0 aromatic carbocycles. The highest BCUT2D eigenvalue weighted by atomic mass is 15.2. The Morgan fingerprint density at radius 3 is 2.29 bits per heavy atom. The van der Waals surface area contributed by atoms with Gasteiger partial charge in [0.1, 0.15) is 0 Å². The summed E-state index contributed by atoms with van der Waals surface area (Å²) in [5.74, 6) is 0.776. The monoisotopic (exact) mass is 195 g/mol. The largest absolute Gasteiger partial charge is 0.0878 e. The minimum atomic E-state index is -0.191. The van der Waals surface area contributed by atoms with Crippen molar-refractivity contribution in [1.82, 2.24) is 0 Å². The van der Waals surface area contributed by atoms with Gasteiger partial charge in [0, 0.05) is 10.5 Å². The summed E-state index contributed by atoms with van der Waals surface area (Å²) in [7, 11) is 0. The van der Waals surface area contributed by atoms with E-state index >= 15 is 0 Å². The number of rotatable bonds is 3. The van der Waals surface area contributed by atoms with E-state index < -0.39 is 0 Å². The first-order valence-electron chi connectivity index (χ1n) is 5.70. The van der Waals surface area contributed by atoms with Crippen LogP contribution in [0.25, 0.3) is 10.4 Å². The van der Waals surface area contributed by atoms with E-state index in [4.69, 9.17) is 5.53 Å². The molecule has 0 saturated heterocycles. The molecule has 0 unspecified atom stereocenters. The van der Waals surface area contributed by atoms with Gasteiger partial charge in [-0.1, -0.05) is 57.5 Å². The Kier molecular flexibility index (Phi) is 4.27. The van der Waals surface area contributed by atoms with E-state index in [2.05, 4.69) is 10.0 Å². The third kappa shape index (κ3) is 4.01. The van der Waals surface area contributed by atoms with Crippen LogP contribution in [0.15, 0.2) is 5.11 Å². The Morgan fingerprint density at radius 2 is 1.79 bits per heavy atom. The smallest absolute Gasteiger partial charge is 0.0434 e. The molecule has 0 aromatic heterocycles. The summed E-state index contributed by atoms with van der Waals surface area (Å²) in [5.41, 5.74) is 8.25. The van der Waals surface area contributed by atoms with Crippen molar-refractivity contribution in [2.75, 3.05) is 0 Å². The summed E-state index contributed by atoms with van der Waals surface area (Å²) in [6.45, 7) is 4.08. The lowest BCUT2D eigenvalue weighted by Crippen LogP contribution is -2.20. The summed E-state index contributed by atoms with van der Waals surface area (Å²) < 4.78 is 0. The molecule has 0 amide bonds. The standard InChI is InChI=1S/C11H21N3/c1-11(2,13-14-12)9-10-7-5-3-4-6-8-10/h10H,3-9H2,1-2H3. The van der Waals surface area contributed by atoms with E-state index in [1.807, 2.05) is 13.8 Å². The van der Waals surface area contributed by atoms with Crippen LogP contribution in [-0.2, 0) is 0 Å². The molecule has 0 spiro atoms. The molecule has 0 aliphatic heterocycles. The predicted molar refractivity (Wildman–Crippen MR) is 59.0 cm³/mol. The average molecular weight is 195 g/mol. The van der Waals surface area contributed by atoms with Gasteiger partial charge in [0.05, 0.1) is 0 Å². The van der Waals surface area contributed by atoms with Crippen molar-refractivity contribution in [2.45, 2.75) is 64.3 Å². The predicted octanol–water partition coefficient (Wildman–Crippen LogP) is 4.44. The van der Waals surface area contributed by atoms with Crippen molar-refractivity contribution >= 4 is 0 Å². The molecule has 0 aromatic rings. The van der Waals surface area contributed by atoms with Crippen LogP contribution in [0.3, 0.4) is 0 Å². The number of nitrogens with zero attached hydrogens (tertiary/aromatic N) is 3. The van der Waals surface area contributed by atoms with Crippen LogP contribution < -0.4 is 0 Å². The zero-order chi connectivity index (χ0) is 10.4. The fourth-order valence-electron chi connectivity index (χ4n) is 2.44. The molecule has 1 aliphatic carbocycles. The SMILES string of the molecule is CC(C)(CC1CCCCCC1)N=[N+]=[N-]. The van der Waals surface area contributed by atoms with Crippen LogP contribution in [0.2, 0.25) is 0 Å². The van der Waals surface area contributed by atoms with E-state index in [0.717, 1.165) is 12.3 Å². The van der Waals surface area contributed by atoms with Gasteiger partial charge in [-0.25, -0.2) is 0 Å². The fraction of sp³-hybridized carbons (Fsp3) is 1.00. The Hall–Kier alpha value is -0.690. The molecule has 0 heterocycles. The summed E-state index contributed by atoms with van der Waals surface area (Å²) in [6, 6.07) is 0. The molecule has 3 nitrogen and oxygen atoms in total. The first kappa shape index (κ1) is 11.4. The Labute approximate surface area is 86.5 Å². The Balaban J connectivity index is 2.44. The maximum absolute atomic E-state index is 8.45. The molecule has 14 heavy (non-hydrogen) atoms. The van der Waals surface area contributed by atoms with Gasteiger partial charge in [-0.15, -0.1) is 0 Å². The second kappa shape index (κ2) is 5.26. The maximum atomic E-state index is 8.45. The highest BCUT2D eigenvalue weighted by Crippen LogP contribution is 2.31. The van der Waals surface area contributed by atoms with Crippen molar-refractivity contribution in [3.05, 3.63) is 10.4 Å². The van der Waals surface area contributed by atoms with Gasteiger partial charge in [-0.05, 0) is 17.9 Å². The molecule has 0 atom stereocenters. The molecule has 3 heteroatoms. The topological polar surface area (TPSA) is 48.8 Å². The van der Waals surface area contributed by atoms with Crippen molar-refractivity contribution in [2.24, 2.45) is 11.0 Å². The highest BCUT2D eigenvalue weighted by Gasteiger charge is 2.22. The van der Waals surface area contributed by atoms with Crippen molar-refractivity contribution in [3.8, 4) is 0 Å².